The summed E-state index contributed by atoms with van der Waals surface area (Å²) >= 11 is 0. The van der Waals surface area contributed by atoms with E-state index in [1.54, 1.807) is 5.57 Å². The molecule has 1 saturated heterocycles. The molecular formula is C24H36N2O2. The van der Waals surface area contributed by atoms with Crippen LogP contribution in [0.1, 0.15) is 78.1 Å². The van der Waals surface area contributed by atoms with Crippen LogP contribution in [0.5, 0.6) is 0 Å². The topological polar surface area (TPSA) is 50.7 Å². The summed E-state index contributed by atoms with van der Waals surface area (Å²) in [5, 5.41) is 7.96. The van der Waals surface area contributed by atoms with Gasteiger partial charge < -0.3 is 10.2 Å². The summed E-state index contributed by atoms with van der Waals surface area (Å²) in [6.07, 6.45) is 13.9. The minimum Gasteiger partial charge on any atom is -0.391 e. The molecule has 0 radical (unpaired) electrons. The fourth-order valence-electron chi connectivity index (χ4n) is 7.47. The first kappa shape index (κ1) is 18.8. The van der Waals surface area contributed by atoms with Crippen LogP contribution < -0.4 is 5.32 Å². The van der Waals surface area contributed by atoms with Gasteiger partial charge in [-0.15, -0.1) is 0 Å². The van der Waals surface area contributed by atoms with Crippen molar-refractivity contribution >= 4 is 11.5 Å². The fraction of sp³-hybridized carbons (Fsp3) is 0.833. The first-order valence-corrected chi connectivity index (χ1v) is 11.7. The standard InChI is InChI=1S/C24H36N2O2/c1-23-11-9-17(26-28-18-4-3-13-25-15-18)14-16(23)5-6-19-20-7-8-22(27)24(20,2)12-10-21(19)23/h14,18-21,25H,3-13,15H2,1-2H3/b26-17-/t18?,19?,20?,21?,23-,24+/m1/s1. The first-order chi connectivity index (χ1) is 13.5. The summed E-state index contributed by atoms with van der Waals surface area (Å²) in [6.45, 7) is 6.82. The molecule has 154 valence electrons. The van der Waals surface area contributed by atoms with E-state index in [2.05, 4.69) is 30.4 Å². The fourth-order valence-corrected chi connectivity index (χ4v) is 7.47. The van der Waals surface area contributed by atoms with E-state index in [0.717, 1.165) is 62.7 Å². The van der Waals surface area contributed by atoms with E-state index < -0.39 is 0 Å². The highest BCUT2D eigenvalue weighted by molar-refractivity contribution is 5.96. The van der Waals surface area contributed by atoms with Crippen LogP contribution in [-0.4, -0.2) is 30.7 Å². The van der Waals surface area contributed by atoms with Crippen LogP contribution in [-0.2, 0) is 9.63 Å². The minimum atomic E-state index is -0.0120. The second kappa shape index (κ2) is 6.97. The molecule has 4 unspecified atom stereocenters. The molecule has 1 aliphatic heterocycles. The third-order valence-electron chi connectivity index (χ3n) is 9.26. The van der Waals surface area contributed by atoms with Crippen molar-refractivity contribution in [1.82, 2.24) is 5.32 Å². The summed E-state index contributed by atoms with van der Waals surface area (Å²) in [4.78, 5) is 18.4. The lowest BCUT2D eigenvalue weighted by Gasteiger charge is -2.57. The molecule has 4 heteroatoms. The maximum atomic E-state index is 12.6. The van der Waals surface area contributed by atoms with E-state index in [4.69, 9.17) is 4.84 Å². The van der Waals surface area contributed by atoms with Crippen molar-refractivity contribution in [2.24, 2.45) is 33.7 Å². The highest BCUT2D eigenvalue weighted by Gasteiger charge is 2.58. The Morgan fingerprint density at radius 3 is 2.71 bits per heavy atom. The molecule has 4 aliphatic carbocycles. The Bertz CT molecular complexity index is 707. The van der Waals surface area contributed by atoms with Gasteiger partial charge in [-0.05, 0) is 93.6 Å². The first-order valence-electron chi connectivity index (χ1n) is 11.7. The molecule has 0 aromatic heterocycles. The molecule has 1 heterocycles. The Morgan fingerprint density at radius 1 is 1.04 bits per heavy atom. The number of Topliss-reactive ketones (excluding diaryl/α,β-unsaturated/α-hetero) is 1. The van der Waals surface area contributed by atoms with Crippen molar-refractivity contribution in [3.8, 4) is 0 Å². The van der Waals surface area contributed by atoms with Gasteiger partial charge in [0.25, 0.3) is 0 Å². The maximum Gasteiger partial charge on any atom is 0.139 e. The molecule has 4 fully saturated rings. The molecule has 0 amide bonds. The zero-order valence-corrected chi connectivity index (χ0v) is 17.6. The molecule has 5 aliphatic rings. The van der Waals surface area contributed by atoms with Crippen molar-refractivity contribution in [2.75, 3.05) is 13.1 Å². The van der Waals surface area contributed by atoms with Crippen molar-refractivity contribution < 1.29 is 9.63 Å². The highest BCUT2D eigenvalue weighted by Crippen LogP contribution is 2.64. The third-order valence-corrected chi connectivity index (χ3v) is 9.26. The van der Waals surface area contributed by atoms with E-state index in [-0.39, 0.29) is 11.5 Å². The molecule has 6 atom stereocenters. The molecule has 28 heavy (non-hydrogen) atoms. The van der Waals surface area contributed by atoms with Crippen molar-refractivity contribution in [2.45, 2.75) is 84.2 Å². The van der Waals surface area contributed by atoms with Crippen molar-refractivity contribution in [1.29, 1.82) is 0 Å². The van der Waals surface area contributed by atoms with Crippen LogP contribution in [0.15, 0.2) is 16.8 Å². The van der Waals surface area contributed by atoms with Gasteiger partial charge in [0.15, 0.2) is 0 Å². The van der Waals surface area contributed by atoms with E-state index >= 15 is 0 Å². The van der Waals surface area contributed by atoms with E-state index in [9.17, 15) is 4.79 Å². The van der Waals surface area contributed by atoms with Crippen LogP contribution >= 0.6 is 0 Å². The number of oxime groups is 1. The summed E-state index contributed by atoms with van der Waals surface area (Å²) in [5.74, 6) is 2.68. The molecule has 0 spiro atoms. The summed E-state index contributed by atoms with van der Waals surface area (Å²) in [6, 6.07) is 0. The van der Waals surface area contributed by atoms with Gasteiger partial charge in [-0.2, -0.15) is 0 Å². The van der Waals surface area contributed by atoms with Gasteiger partial charge in [0, 0.05) is 18.4 Å². The third kappa shape index (κ3) is 2.89. The second-order valence-corrected chi connectivity index (χ2v) is 10.6. The summed E-state index contributed by atoms with van der Waals surface area (Å²) in [5.41, 5.74) is 3.05. The minimum absolute atomic E-state index is 0.0120. The lowest BCUT2D eigenvalue weighted by atomic mass is 9.47. The number of nitrogens with one attached hydrogen (secondary N) is 1. The largest absolute Gasteiger partial charge is 0.391 e. The predicted molar refractivity (Wildman–Crippen MR) is 111 cm³/mol. The number of carbonyl (C=O) groups excluding carboxylic acids is 1. The lowest BCUT2D eigenvalue weighted by Crippen LogP contribution is -2.50. The van der Waals surface area contributed by atoms with Gasteiger partial charge in [-0.1, -0.05) is 24.6 Å². The van der Waals surface area contributed by atoms with Crippen LogP contribution in [0.3, 0.4) is 0 Å². The monoisotopic (exact) mass is 384 g/mol. The van der Waals surface area contributed by atoms with E-state index in [0.29, 0.717) is 17.1 Å². The Labute approximate surface area is 169 Å². The predicted octanol–water partition coefficient (Wildman–Crippen LogP) is 4.64. The number of piperidine rings is 1. The Hall–Kier alpha value is -1.16. The maximum absolute atomic E-state index is 12.6. The van der Waals surface area contributed by atoms with E-state index in [1.807, 2.05) is 0 Å². The number of hydrogen-bond acceptors (Lipinski definition) is 4. The van der Waals surface area contributed by atoms with Crippen LogP contribution in [0.25, 0.3) is 0 Å². The Morgan fingerprint density at radius 2 is 1.89 bits per heavy atom. The summed E-state index contributed by atoms with van der Waals surface area (Å²) in [7, 11) is 0. The molecule has 0 bridgehead atoms. The van der Waals surface area contributed by atoms with Gasteiger partial charge in [0.05, 0.1) is 5.71 Å². The van der Waals surface area contributed by atoms with Crippen LogP contribution in [0.4, 0.5) is 0 Å². The molecule has 0 aromatic rings. The number of carbonyl (C=O) groups is 1. The summed E-state index contributed by atoms with van der Waals surface area (Å²) < 4.78 is 0. The zero-order chi connectivity index (χ0) is 19.4. The van der Waals surface area contributed by atoms with Gasteiger partial charge in [0.2, 0.25) is 0 Å². The molecular weight excluding hydrogens is 348 g/mol. The van der Waals surface area contributed by atoms with Gasteiger partial charge in [0.1, 0.15) is 11.9 Å². The van der Waals surface area contributed by atoms with Crippen LogP contribution in [0.2, 0.25) is 0 Å². The molecule has 0 aromatic carbocycles. The Kier molecular flexibility index (Phi) is 4.69. The average molecular weight is 385 g/mol. The number of nitrogens with zero attached hydrogens (tertiary/aromatic N) is 1. The molecule has 3 saturated carbocycles. The normalized spacial score (nSPS) is 47.1. The lowest BCUT2D eigenvalue weighted by molar-refractivity contribution is -0.132. The van der Waals surface area contributed by atoms with Crippen LogP contribution in [0, 0.1) is 28.6 Å². The number of fused-ring (bicyclic) bond motifs is 5. The Balaban J connectivity index is 1.33. The molecule has 5 rings (SSSR count). The average Bonchev–Trinajstić information content (AvgIpc) is 3.02. The quantitative estimate of drug-likeness (QED) is 0.706. The smallest absolute Gasteiger partial charge is 0.139 e. The SMILES string of the molecule is C[C@]12CCC3C(CCC4=C/C(=N\OC5CCCNC5)CC[C@]43C)C1CCC2=O. The van der Waals surface area contributed by atoms with Crippen molar-refractivity contribution in [3.63, 3.8) is 0 Å². The van der Waals surface area contributed by atoms with Gasteiger partial charge in [-0.3, -0.25) is 4.79 Å². The van der Waals surface area contributed by atoms with Gasteiger partial charge in [-0.25, -0.2) is 0 Å². The highest BCUT2D eigenvalue weighted by atomic mass is 16.6. The second-order valence-electron chi connectivity index (χ2n) is 10.6. The molecule has 4 nitrogen and oxygen atoms in total. The number of hydrogen-bond donors (Lipinski definition) is 1. The van der Waals surface area contributed by atoms with Gasteiger partial charge >= 0.3 is 0 Å². The number of rotatable bonds is 2. The van der Waals surface area contributed by atoms with Crippen molar-refractivity contribution in [3.05, 3.63) is 11.6 Å². The van der Waals surface area contributed by atoms with E-state index in [1.165, 1.54) is 32.1 Å². The zero-order valence-electron chi connectivity index (χ0n) is 17.6. The number of allylic oxidation sites excluding steroid dienone is 2. The molecule has 1 N–H and O–H groups in total. The number of ketones is 1.